The maximum absolute atomic E-state index is 5.32. The van der Waals surface area contributed by atoms with E-state index in [2.05, 4.69) is 38.0 Å². The van der Waals surface area contributed by atoms with E-state index in [1.807, 2.05) is 30.3 Å². The van der Waals surface area contributed by atoms with E-state index in [0.717, 1.165) is 18.8 Å². The molecule has 0 N–H and O–H groups in total. The predicted octanol–water partition coefficient (Wildman–Crippen LogP) is 1.82. The van der Waals surface area contributed by atoms with E-state index in [1.165, 1.54) is 0 Å². The van der Waals surface area contributed by atoms with E-state index in [9.17, 15) is 0 Å². The molecule has 110 valence electrons. The van der Waals surface area contributed by atoms with Crippen LogP contribution in [0.5, 0.6) is 5.75 Å². The fourth-order valence-corrected chi connectivity index (χ4v) is 1.16. The molecule has 0 unspecified atom stereocenters. The van der Waals surface area contributed by atoms with Gasteiger partial charge in [0.25, 0.3) is 0 Å². The van der Waals surface area contributed by atoms with Crippen molar-refractivity contribution in [2.75, 3.05) is 61.6 Å². The Kier molecular flexibility index (Phi) is 11.3. The molecule has 0 atom stereocenters. The van der Waals surface area contributed by atoms with Crippen LogP contribution in [0.3, 0.4) is 0 Å². The molecule has 1 aromatic carbocycles. The zero-order chi connectivity index (χ0) is 14.5. The van der Waals surface area contributed by atoms with Crippen molar-refractivity contribution in [3.8, 4) is 5.75 Å². The molecule has 0 radical (unpaired) electrons. The monoisotopic (exact) mass is 268 g/mol. The highest BCUT2D eigenvalue weighted by atomic mass is 16.5. The summed E-state index contributed by atoms with van der Waals surface area (Å²) in [5.74, 6) is 0.893. The van der Waals surface area contributed by atoms with Gasteiger partial charge in [0.15, 0.2) is 0 Å². The first-order chi connectivity index (χ1) is 9.06. The Labute approximate surface area is 117 Å². The lowest BCUT2D eigenvalue weighted by atomic mass is 10.3. The molecule has 0 aromatic heterocycles. The number of likely N-dealkylation sites (N-methyl/N-ethyl adjacent to an activating group) is 2. The molecule has 0 aliphatic carbocycles. The van der Waals surface area contributed by atoms with E-state index < -0.39 is 0 Å². The zero-order valence-corrected chi connectivity index (χ0v) is 12.9. The summed E-state index contributed by atoms with van der Waals surface area (Å²) in [7, 11) is 10.0. The molecule has 4 heteroatoms. The Bertz CT molecular complexity index is 281. The van der Waals surface area contributed by atoms with Gasteiger partial charge in [0, 0.05) is 20.2 Å². The molecule has 0 spiro atoms. The summed E-state index contributed by atoms with van der Waals surface area (Å²) in [6.45, 7) is 3.54. The number of ether oxygens (including phenoxy) is 2. The lowest BCUT2D eigenvalue weighted by Crippen LogP contribution is -2.25. The lowest BCUT2D eigenvalue weighted by molar-refractivity contribution is 0.146. The summed E-state index contributed by atoms with van der Waals surface area (Å²) in [6.07, 6.45) is 0. The smallest absolute Gasteiger partial charge is 0.119 e. The van der Waals surface area contributed by atoms with Crippen LogP contribution in [0.4, 0.5) is 0 Å². The second kappa shape index (κ2) is 12.0. The second-order valence-electron chi connectivity index (χ2n) is 4.76. The molecule has 4 nitrogen and oxygen atoms in total. The Morgan fingerprint density at radius 1 is 0.842 bits per heavy atom. The van der Waals surface area contributed by atoms with Gasteiger partial charge in [-0.2, -0.15) is 0 Å². The number of hydrogen-bond donors (Lipinski definition) is 0. The third-order valence-electron chi connectivity index (χ3n) is 2.29. The Balaban J connectivity index is 0.000000362. The van der Waals surface area contributed by atoms with Gasteiger partial charge in [-0.05, 0) is 40.3 Å². The fourth-order valence-electron chi connectivity index (χ4n) is 1.16. The van der Waals surface area contributed by atoms with Crippen LogP contribution in [0, 0.1) is 0 Å². The Morgan fingerprint density at radius 3 is 1.79 bits per heavy atom. The Morgan fingerprint density at radius 2 is 1.37 bits per heavy atom. The number of rotatable bonds is 7. The molecular formula is C15H28N2O2. The molecule has 0 fully saturated rings. The molecule has 0 saturated carbocycles. The van der Waals surface area contributed by atoms with E-state index in [0.29, 0.717) is 13.2 Å². The summed E-state index contributed by atoms with van der Waals surface area (Å²) in [6, 6.07) is 9.71. The lowest BCUT2D eigenvalue weighted by Gasteiger charge is -2.13. The van der Waals surface area contributed by atoms with Gasteiger partial charge in [-0.25, -0.2) is 0 Å². The molecule has 0 heterocycles. The summed E-state index contributed by atoms with van der Waals surface area (Å²) < 4.78 is 10.2. The fraction of sp³-hybridized carbons (Fsp3) is 0.600. The first-order valence-corrected chi connectivity index (χ1v) is 6.52. The minimum absolute atomic E-state index is 0.612. The van der Waals surface area contributed by atoms with Gasteiger partial charge < -0.3 is 19.3 Å². The molecule has 0 bridgehead atoms. The third-order valence-corrected chi connectivity index (χ3v) is 2.29. The molecule has 1 rings (SSSR count). The topological polar surface area (TPSA) is 24.9 Å². The van der Waals surface area contributed by atoms with Crippen LogP contribution in [0.15, 0.2) is 30.3 Å². The van der Waals surface area contributed by atoms with Crippen LogP contribution in [-0.4, -0.2) is 71.4 Å². The second-order valence-corrected chi connectivity index (χ2v) is 4.76. The van der Waals surface area contributed by atoms with Crippen molar-refractivity contribution in [2.45, 2.75) is 0 Å². The molecule has 19 heavy (non-hydrogen) atoms. The van der Waals surface area contributed by atoms with E-state index >= 15 is 0 Å². The first-order valence-electron chi connectivity index (χ1n) is 6.52. The van der Waals surface area contributed by atoms with E-state index in [1.54, 1.807) is 7.11 Å². The maximum Gasteiger partial charge on any atom is 0.119 e. The molecular weight excluding hydrogens is 240 g/mol. The van der Waals surface area contributed by atoms with Gasteiger partial charge in [-0.1, -0.05) is 18.2 Å². The highest BCUT2D eigenvalue weighted by molar-refractivity contribution is 5.20. The van der Waals surface area contributed by atoms with E-state index in [-0.39, 0.29) is 0 Å². The van der Waals surface area contributed by atoms with Gasteiger partial charge in [-0.15, -0.1) is 0 Å². The van der Waals surface area contributed by atoms with Crippen molar-refractivity contribution < 1.29 is 9.47 Å². The van der Waals surface area contributed by atoms with Crippen molar-refractivity contribution in [1.82, 2.24) is 9.80 Å². The highest BCUT2D eigenvalue weighted by Gasteiger charge is 1.89. The third kappa shape index (κ3) is 13.1. The van der Waals surface area contributed by atoms with Crippen LogP contribution in [0.2, 0.25) is 0 Å². The minimum atomic E-state index is 0.612. The molecule has 1 aromatic rings. The molecule has 0 saturated heterocycles. The van der Waals surface area contributed by atoms with Crippen LogP contribution in [0.25, 0.3) is 0 Å². The van der Waals surface area contributed by atoms with Crippen molar-refractivity contribution in [3.05, 3.63) is 30.3 Å². The largest absolute Gasteiger partial charge is 0.491 e. The maximum atomic E-state index is 5.32. The standard InChI is InChI=1S/C9H12O2.C6H16N2/c1-10-7-8-11-9-5-3-2-4-6-9;1-7(2)5-6-8(3)4/h2-6H,7-8H2,1H3;5-6H2,1-4H3. The van der Waals surface area contributed by atoms with Crippen LogP contribution in [0.1, 0.15) is 0 Å². The molecule has 0 amide bonds. The van der Waals surface area contributed by atoms with Gasteiger partial charge in [-0.3, -0.25) is 0 Å². The number of para-hydroxylation sites is 1. The SMILES string of the molecule is CN(C)CCN(C)C.COCCOc1ccccc1. The van der Waals surface area contributed by atoms with Crippen LogP contribution < -0.4 is 4.74 Å². The summed E-state index contributed by atoms with van der Waals surface area (Å²) in [4.78, 5) is 4.36. The van der Waals surface area contributed by atoms with Crippen LogP contribution >= 0.6 is 0 Å². The van der Waals surface area contributed by atoms with Crippen molar-refractivity contribution in [3.63, 3.8) is 0 Å². The van der Waals surface area contributed by atoms with Crippen molar-refractivity contribution in [2.24, 2.45) is 0 Å². The zero-order valence-electron chi connectivity index (χ0n) is 12.9. The summed E-state index contributed by atoms with van der Waals surface area (Å²) >= 11 is 0. The number of nitrogens with zero attached hydrogens (tertiary/aromatic N) is 2. The average molecular weight is 268 g/mol. The van der Waals surface area contributed by atoms with Crippen LogP contribution in [-0.2, 0) is 4.74 Å². The minimum Gasteiger partial charge on any atom is -0.491 e. The van der Waals surface area contributed by atoms with Gasteiger partial charge in [0.05, 0.1) is 6.61 Å². The predicted molar refractivity (Wildman–Crippen MR) is 80.9 cm³/mol. The van der Waals surface area contributed by atoms with Crippen molar-refractivity contribution in [1.29, 1.82) is 0 Å². The highest BCUT2D eigenvalue weighted by Crippen LogP contribution is 2.07. The number of hydrogen-bond acceptors (Lipinski definition) is 4. The summed E-state index contributed by atoms with van der Waals surface area (Å²) in [5.41, 5.74) is 0. The summed E-state index contributed by atoms with van der Waals surface area (Å²) in [5, 5.41) is 0. The number of benzene rings is 1. The number of methoxy groups -OCH3 is 1. The molecule has 0 aliphatic heterocycles. The van der Waals surface area contributed by atoms with Gasteiger partial charge >= 0.3 is 0 Å². The molecule has 0 aliphatic rings. The quantitative estimate of drug-likeness (QED) is 0.704. The first kappa shape index (κ1) is 17.9. The van der Waals surface area contributed by atoms with Crippen molar-refractivity contribution >= 4 is 0 Å². The van der Waals surface area contributed by atoms with E-state index in [4.69, 9.17) is 9.47 Å². The average Bonchev–Trinajstić information content (AvgIpc) is 2.39. The Hall–Kier alpha value is -1.10. The van der Waals surface area contributed by atoms with Gasteiger partial charge in [0.1, 0.15) is 12.4 Å². The van der Waals surface area contributed by atoms with Gasteiger partial charge in [0.2, 0.25) is 0 Å². The normalized spacial score (nSPS) is 10.3.